The number of ether oxygens (including phenoxy) is 3. The fourth-order valence-corrected chi connectivity index (χ4v) is 2.68. The van der Waals surface area contributed by atoms with Gasteiger partial charge in [-0.05, 0) is 30.0 Å². The minimum absolute atomic E-state index is 0.0631. The molecule has 0 unspecified atom stereocenters. The van der Waals surface area contributed by atoms with E-state index < -0.39 is 12.1 Å². The molecule has 0 aromatic heterocycles. The third-order valence-electron chi connectivity index (χ3n) is 4.53. The molecule has 26 heavy (non-hydrogen) atoms. The van der Waals surface area contributed by atoms with Gasteiger partial charge in [0.2, 0.25) is 6.10 Å². The maximum atomic E-state index is 12.2. The lowest BCUT2D eigenvalue weighted by molar-refractivity contribution is -0.153. The zero-order valence-corrected chi connectivity index (χ0v) is 14.9. The van der Waals surface area contributed by atoms with Crippen LogP contribution in [0.2, 0.25) is 0 Å². The van der Waals surface area contributed by atoms with Gasteiger partial charge in [0, 0.05) is 5.56 Å². The molecule has 0 bridgehead atoms. The van der Waals surface area contributed by atoms with Crippen molar-refractivity contribution >= 4 is 11.8 Å². The van der Waals surface area contributed by atoms with Crippen molar-refractivity contribution in [2.45, 2.75) is 32.3 Å². The Labute approximate surface area is 152 Å². The van der Waals surface area contributed by atoms with Gasteiger partial charge in [-0.25, -0.2) is 4.79 Å². The van der Waals surface area contributed by atoms with E-state index in [1.54, 1.807) is 30.3 Å². The van der Waals surface area contributed by atoms with E-state index in [1.165, 1.54) is 5.56 Å². The maximum absolute atomic E-state index is 12.2. The van der Waals surface area contributed by atoms with E-state index in [-0.39, 0.29) is 19.0 Å². The molecule has 0 N–H and O–H groups in total. The smallest absolute Gasteiger partial charge is 0.351 e. The van der Waals surface area contributed by atoms with E-state index in [1.807, 2.05) is 18.2 Å². The Morgan fingerprint density at radius 2 is 1.81 bits per heavy atom. The van der Waals surface area contributed by atoms with E-state index in [2.05, 4.69) is 13.8 Å². The van der Waals surface area contributed by atoms with Crippen molar-refractivity contribution in [1.82, 2.24) is 0 Å². The molecular weight excluding hydrogens is 332 g/mol. The molecule has 2 atom stereocenters. The molecule has 2 aromatic rings. The van der Waals surface area contributed by atoms with Crippen molar-refractivity contribution in [2.24, 2.45) is 0 Å². The van der Waals surface area contributed by atoms with Crippen LogP contribution in [0.4, 0.5) is 0 Å². The van der Waals surface area contributed by atoms with Gasteiger partial charge >= 0.3 is 5.97 Å². The number of para-hydroxylation sites is 2. The molecule has 1 aliphatic rings. The minimum atomic E-state index is -0.870. The molecule has 3 rings (SSSR count). The molecular formula is C21H22O5. The summed E-state index contributed by atoms with van der Waals surface area (Å²) in [5.41, 5.74) is 1.71. The van der Waals surface area contributed by atoms with Gasteiger partial charge in [0.15, 0.2) is 23.9 Å². The Balaban J connectivity index is 1.54. The van der Waals surface area contributed by atoms with Crippen molar-refractivity contribution in [2.75, 3.05) is 13.2 Å². The Morgan fingerprint density at radius 1 is 1.12 bits per heavy atom. The number of benzene rings is 2. The second-order valence-electron chi connectivity index (χ2n) is 6.33. The Bertz CT molecular complexity index is 781. The molecule has 1 heterocycles. The van der Waals surface area contributed by atoms with Crippen LogP contribution in [0.3, 0.4) is 0 Å². The monoisotopic (exact) mass is 354 g/mol. The van der Waals surface area contributed by atoms with Gasteiger partial charge in [0.05, 0.1) is 0 Å². The van der Waals surface area contributed by atoms with Crippen LogP contribution >= 0.6 is 0 Å². The van der Waals surface area contributed by atoms with Crippen LogP contribution in [0.15, 0.2) is 48.5 Å². The van der Waals surface area contributed by atoms with Gasteiger partial charge in [0.1, 0.15) is 6.61 Å². The number of hydrogen-bond donors (Lipinski definition) is 0. The number of rotatable bonds is 6. The van der Waals surface area contributed by atoms with Gasteiger partial charge in [-0.2, -0.15) is 0 Å². The normalized spacial score (nSPS) is 16.6. The van der Waals surface area contributed by atoms with Gasteiger partial charge in [0.25, 0.3) is 0 Å². The molecule has 5 nitrogen and oxygen atoms in total. The number of esters is 1. The number of carbonyl (C=O) groups is 2. The van der Waals surface area contributed by atoms with Crippen molar-refractivity contribution < 1.29 is 23.8 Å². The molecule has 136 valence electrons. The quantitative estimate of drug-likeness (QED) is 0.584. The summed E-state index contributed by atoms with van der Waals surface area (Å²) in [6, 6.07) is 14.5. The van der Waals surface area contributed by atoms with Crippen LogP contribution in [-0.2, 0) is 9.53 Å². The number of ketones is 1. The first-order chi connectivity index (χ1) is 12.6. The second-order valence-corrected chi connectivity index (χ2v) is 6.33. The predicted molar refractivity (Wildman–Crippen MR) is 96.8 cm³/mol. The highest BCUT2D eigenvalue weighted by Crippen LogP contribution is 2.31. The van der Waals surface area contributed by atoms with Crippen LogP contribution in [-0.4, -0.2) is 31.1 Å². The van der Waals surface area contributed by atoms with Crippen LogP contribution in [0.1, 0.15) is 42.1 Å². The first kappa shape index (κ1) is 18.0. The summed E-state index contributed by atoms with van der Waals surface area (Å²) in [6.07, 6.45) is 0.169. The lowest BCUT2D eigenvalue weighted by Gasteiger charge is -2.24. The number of Topliss-reactive ketones (excluding diaryl/α,β-unsaturated/α-hetero) is 1. The molecule has 2 aromatic carbocycles. The summed E-state index contributed by atoms with van der Waals surface area (Å²) in [5, 5.41) is 0. The third-order valence-corrected chi connectivity index (χ3v) is 4.53. The van der Waals surface area contributed by atoms with Crippen molar-refractivity contribution in [1.29, 1.82) is 0 Å². The lowest BCUT2D eigenvalue weighted by Crippen LogP contribution is -2.38. The molecule has 5 heteroatoms. The Hall–Kier alpha value is -2.82. The lowest BCUT2D eigenvalue weighted by atomic mass is 9.97. The highest BCUT2D eigenvalue weighted by atomic mass is 16.6. The zero-order chi connectivity index (χ0) is 18.5. The fraction of sp³-hybridized carbons (Fsp3) is 0.333. The van der Waals surface area contributed by atoms with Gasteiger partial charge in [-0.3, -0.25) is 4.79 Å². The van der Waals surface area contributed by atoms with Crippen molar-refractivity contribution in [3.8, 4) is 11.5 Å². The summed E-state index contributed by atoms with van der Waals surface area (Å²) >= 11 is 0. The van der Waals surface area contributed by atoms with E-state index >= 15 is 0 Å². The average molecular weight is 354 g/mol. The summed E-state index contributed by atoms with van der Waals surface area (Å²) in [4.78, 5) is 24.4. The predicted octanol–water partition coefficient (Wildman–Crippen LogP) is 3.77. The second kappa shape index (κ2) is 8.04. The van der Waals surface area contributed by atoms with E-state index in [0.29, 0.717) is 23.0 Å². The van der Waals surface area contributed by atoms with Crippen molar-refractivity contribution in [3.63, 3.8) is 0 Å². The SMILES string of the molecule is CC[C@@H](C)c1ccc(C(=O)COC(=O)[C@@H]2COc3ccccc3O2)cc1. The van der Waals surface area contributed by atoms with Gasteiger partial charge < -0.3 is 14.2 Å². The first-order valence-corrected chi connectivity index (χ1v) is 8.76. The topological polar surface area (TPSA) is 61.8 Å². The minimum Gasteiger partial charge on any atom is -0.485 e. The molecule has 0 saturated heterocycles. The molecule has 0 aliphatic carbocycles. The largest absolute Gasteiger partial charge is 0.485 e. The highest BCUT2D eigenvalue weighted by Gasteiger charge is 2.29. The molecule has 0 amide bonds. The van der Waals surface area contributed by atoms with E-state index in [9.17, 15) is 9.59 Å². The molecule has 0 saturated carbocycles. The highest BCUT2D eigenvalue weighted by molar-refractivity contribution is 5.98. The van der Waals surface area contributed by atoms with E-state index in [4.69, 9.17) is 14.2 Å². The first-order valence-electron chi connectivity index (χ1n) is 8.76. The molecule has 1 aliphatic heterocycles. The summed E-state index contributed by atoms with van der Waals surface area (Å²) in [5.74, 6) is 0.681. The fourth-order valence-electron chi connectivity index (χ4n) is 2.68. The third kappa shape index (κ3) is 4.04. The summed E-state index contributed by atoms with van der Waals surface area (Å²) < 4.78 is 16.2. The number of carbonyl (C=O) groups excluding carboxylic acids is 2. The Morgan fingerprint density at radius 3 is 2.50 bits per heavy atom. The van der Waals surface area contributed by atoms with Crippen LogP contribution < -0.4 is 9.47 Å². The van der Waals surface area contributed by atoms with Crippen LogP contribution in [0.5, 0.6) is 11.5 Å². The standard InChI is InChI=1S/C21H22O5/c1-3-14(2)15-8-10-16(11-9-15)17(22)12-25-21(23)20-13-24-18-6-4-5-7-19(18)26-20/h4-11,14,20H,3,12-13H2,1-2H3/t14-,20+/m1/s1. The molecule has 0 radical (unpaired) electrons. The zero-order valence-electron chi connectivity index (χ0n) is 14.9. The van der Waals surface area contributed by atoms with Gasteiger partial charge in [-0.15, -0.1) is 0 Å². The molecule has 0 spiro atoms. The number of hydrogen-bond acceptors (Lipinski definition) is 5. The molecule has 0 fully saturated rings. The van der Waals surface area contributed by atoms with Gasteiger partial charge in [-0.1, -0.05) is 50.2 Å². The van der Waals surface area contributed by atoms with Crippen LogP contribution in [0, 0.1) is 0 Å². The van der Waals surface area contributed by atoms with Crippen LogP contribution in [0.25, 0.3) is 0 Å². The average Bonchev–Trinajstić information content (AvgIpc) is 2.70. The van der Waals surface area contributed by atoms with Crippen molar-refractivity contribution in [3.05, 3.63) is 59.7 Å². The van der Waals surface area contributed by atoms with E-state index in [0.717, 1.165) is 6.42 Å². The Kier molecular flexibility index (Phi) is 5.56. The summed E-state index contributed by atoms with van der Waals surface area (Å²) in [6.45, 7) is 4.01. The number of fused-ring (bicyclic) bond motifs is 1. The summed E-state index contributed by atoms with van der Waals surface area (Å²) in [7, 11) is 0. The maximum Gasteiger partial charge on any atom is 0.351 e.